The molecule has 3 nitrogen and oxygen atoms in total. The van der Waals surface area contributed by atoms with E-state index < -0.39 is 0 Å². The van der Waals surface area contributed by atoms with Crippen LogP contribution in [0, 0.1) is 11.8 Å². The zero-order valence-corrected chi connectivity index (χ0v) is 16.1. The number of hydrogen-bond donors (Lipinski definition) is 1. The highest BCUT2D eigenvalue weighted by molar-refractivity contribution is 6.30. The van der Waals surface area contributed by atoms with E-state index in [0.29, 0.717) is 12.5 Å². The first-order valence-corrected chi connectivity index (χ1v) is 9.82. The van der Waals surface area contributed by atoms with Crippen LogP contribution in [-0.4, -0.2) is 23.4 Å². The van der Waals surface area contributed by atoms with E-state index in [2.05, 4.69) is 28.9 Å². The van der Waals surface area contributed by atoms with Gasteiger partial charge in [0, 0.05) is 35.6 Å². The van der Waals surface area contributed by atoms with Gasteiger partial charge in [-0.3, -0.25) is 4.79 Å². The van der Waals surface area contributed by atoms with Gasteiger partial charge >= 0.3 is 0 Å². The number of hydrogen-bond acceptors (Lipinski definition) is 2. The van der Waals surface area contributed by atoms with Crippen LogP contribution in [0.2, 0.25) is 5.02 Å². The van der Waals surface area contributed by atoms with Gasteiger partial charge in [-0.2, -0.15) is 0 Å². The summed E-state index contributed by atoms with van der Waals surface area (Å²) in [6.07, 6.45) is 5.25. The number of nitrogens with one attached hydrogen (secondary N) is 1. The largest absolute Gasteiger partial charge is 0.368 e. The first-order chi connectivity index (χ1) is 11.9. The fraction of sp³-hybridized carbons (Fsp3) is 0.571. The van der Waals surface area contributed by atoms with Crippen molar-refractivity contribution in [3.63, 3.8) is 0 Å². The third-order valence-electron chi connectivity index (χ3n) is 5.29. The van der Waals surface area contributed by atoms with Crippen molar-refractivity contribution < 1.29 is 4.79 Å². The number of nitrogens with zero attached hydrogens (tertiary/aromatic N) is 1. The van der Waals surface area contributed by atoms with Crippen molar-refractivity contribution >= 4 is 17.5 Å². The maximum atomic E-state index is 12.2. The summed E-state index contributed by atoms with van der Waals surface area (Å²) in [7, 11) is 0. The van der Waals surface area contributed by atoms with Gasteiger partial charge in [0.05, 0.1) is 6.04 Å². The predicted octanol–water partition coefficient (Wildman–Crippen LogP) is 4.93. The topological polar surface area (TPSA) is 32.3 Å². The smallest absolute Gasteiger partial charge is 0.220 e. The molecule has 136 valence electrons. The summed E-state index contributed by atoms with van der Waals surface area (Å²) in [4.78, 5) is 14.7. The molecule has 1 amide bonds. The van der Waals surface area contributed by atoms with Crippen molar-refractivity contribution in [2.24, 2.45) is 11.8 Å². The second kappa shape index (κ2) is 7.82. The van der Waals surface area contributed by atoms with Gasteiger partial charge in [-0.15, -0.1) is 0 Å². The van der Waals surface area contributed by atoms with E-state index in [1.807, 2.05) is 26.0 Å². The summed E-state index contributed by atoms with van der Waals surface area (Å²) in [5, 5.41) is 3.79. The standard InChI is InChI=1S/C21H29ClN2O/c1-14(2)23-21(25)12-18-8-11-20(17-6-9-19(22)10-7-17)24(15(18)3)13-16-4-5-16/h6-7,9-10,14,16,18,20H,3-5,8,11-13H2,1-2H3,(H,23,25). The third-order valence-corrected chi connectivity index (χ3v) is 5.54. The van der Waals surface area contributed by atoms with Crippen molar-refractivity contribution in [2.45, 2.75) is 58.0 Å². The van der Waals surface area contributed by atoms with E-state index in [4.69, 9.17) is 11.6 Å². The van der Waals surface area contributed by atoms with Gasteiger partial charge in [0.25, 0.3) is 0 Å². The molecule has 0 bridgehead atoms. The van der Waals surface area contributed by atoms with E-state index in [1.165, 1.54) is 18.4 Å². The highest BCUT2D eigenvalue weighted by Crippen LogP contribution is 2.43. The molecule has 1 aliphatic heterocycles. The maximum absolute atomic E-state index is 12.2. The highest BCUT2D eigenvalue weighted by atomic mass is 35.5. The lowest BCUT2D eigenvalue weighted by Gasteiger charge is -2.43. The second-order valence-electron chi connectivity index (χ2n) is 7.86. The molecule has 1 aliphatic carbocycles. The zero-order valence-electron chi connectivity index (χ0n) is 15.3. The Labute approximate surface area is 156 Å². The molecule has 1 saturated heterocycles. The van der Waals surface area contributed by atoms with E-state index in [9.17, 15) is 4.79 Å². The number of piperidine rings is 1. The van der Waals surface area contributed by atoms with Crippen molar-refractivity contribution in [3.8, 4) is 0 Å². The molecule has 2 fully saturated rings. The van der Waals surface area contributed by atoms with Gasteiger partial charge in [0.15, 0.2) is 0 Å². The average molecular weight is 361 g/mol. The van der Waals surface area contributed by atoms with Crippen LogP contribution in [0.25, 0.3) is 0 Å². The number of amides is 1. The molecule has 1 saturated carbocycles. The Morgan fingerprint density at radius 3 is 2.52 bits per heavy atom. The van der Waals surface area contributed by atoms with Gasteiger partial charge in [-0.25, -0.2) is 0 Å². The number of carbonyl (C=O) groups is 1. The molecule has 2 aliphatic rings. The molecule has 3 rings (SSSR count). The molecule has 2 atom stereocenters. The van der Waals surface area contributed by atoms with Crippen LogP contribution >= 0.6 is 11.6 Å². The molecule has 2 unspecified atom stereocenters. The summed E-state index contributed by atoms with van der Waals surface area (Å²) >= 11 is 6.06. The highest BCUT2D eigenvalue weighted by Gasteiger charge is 2.36. The molecule has 0 aromatic heterocycles. The molecule has 0 radical (unpaired) electrons. The Morgan fingerprint density at radius 1 is 1.24 bits per heavy atom. The number of halogens is 1. The van der Waals surface area contributed by atoms with E-state index in [1.54, 1.807) is 0 Å². The summed E-state index contributed by atoms with van der Waals surface area (Å²) in [5.41, 5.74) is 2.44. The van der Waals surface area contributed by atoms with Gasteiger partial charge in [0.1, 0.15) is 0 Å². The second-order valence-corrected chi connectivity index (χ2v) is 8.29. The monoisotopic (exact) mass is 360 g/mol. The molecule has 25 heavy (non-hydrogen) atoms. The summed E-state index contributed by atoms with van der Waals surface area (Å²) in [6.45, 7) is 9.47. The lowest BCUT2D eigenvalue weighted by Crippen LogP contribution is -2.39. The third kappa shape index (κ3) is 4.78. The van der Waals surface area contributed by atoms with Gasteiger partial charge in [-0.1, -0.05) is 30.3 Å². The molecule has 1 aromatic carbocycles. The van der Waals surface area contributed by atoms with E-state index in [0.717, 1.165) is 36.0 Å². The van der Waals surface area contributed by atoms with Gasteiger partial charge in [-0.05, 0) is 63.1 Å². The summed E-state index contributed by atoms with van der Waals surface area (Å²) in [6, 6.07) is 8.75. The van der Waals surface area contributed by atoms with Crippen molar-refractivity contribution in [2.75, 3.05) is 6.54 Å². The lowest BCUT2D eigenvalue weighted by molar-refractivity contribution is -0.122. The Balaban J connectivity index is 1.73. The van der Waals surface area contributed by atoms with Gasteiger partial charge < -0.3 is 10.2 Å². The minimum absolute atomic E-state index is 0.137. The van der Waals surface area contributed by atoms with Crippen LogP contribution in [0.1, 0.15) is 57.6 Å². The molecule has 1 aromatic rings. The van der Waals surface area contributed by atoms with Crippen molar-refractivity contribution in [3.05, 3.63) is 47.1 Å². The SMILES string of the molecule is C=C1C(CC(=O)NC(C)C)CCC(c2ccc(Cl)cc2)N1CC1CC1. The Kier molecular flexibility index (Phi) is 5.73. The quantitative estimate of drug-likeness (QED) is 0.779. The normalized spacial score (nSPS) is 23.8. The number of rotatable bonds is 6. The molecule has 4 heteroatoms. The fourth-order valence-corrected chi connectivity index (χ4v) is 3.92. The van der Waals surface area contributed by atoms with Crippen molar-refractivity contribution in [1.82, 2.24) is 10.2 Å². The lowest BCUT2D eigenvalue weighted by atomic mass is 9.84. The minimum Gasteiger partial charge on any atom is -0.368 e. The molecule has 1 N–H and O–H groups in total. The summed E-state index contributed by atoms with van der Waals surface area (Å²) in [5.74, 6) is 1.17. The number of allylic oxidation sites excluding steroid dienone is 1. The van der Waals surface area contributed by atoms with Crippen LogP contribution in [0.15, 0.2) is 36.5 Å². The molecule has 1 heterocycles. The van der Waals surface area contributed by atoms with Crippen molar-refractivity contribution in [1.29, 1.82) is 0 Å². The Hall–Kier alpha value is -1.48. The van der Waals surface area contributed by atoms with Crippen LogP contribution in [0.4, 0.5) is 0 Å². The zero-order chi connectivity index (χ0) is 18.0. The Morgan fingerprint density at radius 2 is 1.92 bits per heavy atom. The first kappa shape index (κ1) is 18.3. The molecule has 0 spiro atoms. The van der Waals surface area contributed by atoms with Crippen LogP contribution in [-0.2, 0) is 4.79 Å². The molecular formula is C21H29ClN2O. The number of carbonyl (C=O) groups excluding carboxylic acids is 1. The predicted molar refractivity (Wildman–Crippen MR) is 103 cm³/mol. The number of likely N-dealkylation sites (tertiary alicyclic amines) is 1. The maximum Gasteiger partial charge on any atom is 0.220 e. The van der Waals surface area contributed by atoms with Crippen LogP contribution < -0.4 is 5.32 Å². The Bertz CT molecular complexity index is 621. The first-order valence-electron chi connectivity index (χ1n) is 9.44. The minimum atomic E-state index is 0.137. The van der Waals surface area contributed by atoms with Crippen LogP contribution in [0.5, 0.6) is 0 Å². The molecular weight excluding hydrogens is 332 g/mol. The fourth-order valence-electron chi connectivity index (χ4n) is 3.80. The van der Waals surface area contributed by atoms with E-state index >= 15 is 0 Å². The average Bonchev–Trinajstić information content (AvgIpc) is 3.36. The van der Waals surface area contributed by atoms with Crippen LogP contribution in [0.3, 0.4) is 0 Å². The summed E-state index contributed by atoms with van der Waals surface area (Å²) < 4.78 is 0. The van der Waals surface area contributed by atoms with E-state index in [-0.39, 0.29) is 17.9 Å². The number of benzene rings is 1. The van der Waals surface area contributed by atoms with Gasteiger partial charge in [0.2, 0.25) is 5.91 Å².